The molecule has 2 aliphatic rings. The Morgan fingerprint density at radius 3 is 2.84 bits per heavy atom. The van der Waals surface area contributed by atoms with E-state index in [2.05, 4.69) is 16.8 Å². The largest absolute Gasteiger partial charge is 0.353 e. The van der Waals surface area contributed by atoms with Gasteiger partial charge in [0.15, 0.2) is 0 Å². The van der Waals surface area contributed by atoms with Gasteiger partial charge in [-0.2, -0.15) is 0 Å². The first-order valence-corrected chi connectivity index (χ1v) is 7.96. The molecule has 3 nitrogen and oxygen atoms in total. The molecule has 1 saturated heterocycles. The van der Waals surface area contributed by atoms with Crippen molar-refractivity contribution in [2.45, 2.75) is 57.9 Å². The van der Waals surface area contributed by atoms with Crippen LogP contribution < -0.4 is 4.90 Å². The van der Waals surface area contributed by atoms with E-state index in [1.165, 1.54) is 38.5 Å². The van der Waals surface area contributed by atoms with Crippen LogP contribution in [0.25, 0.3) is 0 Å². The molecule has 3 rings (SSSR count). The Bertz CT molecular complexity index is 447. The molecule has 0 spiro atoms. The first kappa shape index (κ1) is 13.2. The van der Waals surface area contributed by atoms with Gasteiger partial charge in [-0.3, -0.25) is 0 Å². The molecule has 2 fully saturated rings. The second-order valence-corrected chi connectivity index (χ2v) is 6.15. The lowest BCUT2D eigenvalue weighted by Gasteiger charge is -2.44. The third kappa shape index (κ3) is 2.71. The van der Waals surface area contributed by atoms with E-state index in [1.807, 2.05) is 6.07 Å². The van der Waals surface area contributed by atoms with Gasteiger partial charge in [-0.1, -0.05) is 31.4 Å². The van der Waals surface area contributed by atoms with Crippen LogP contribution >= 0.6 is 11.6 Å². The fraction of sp³-hybridized carbons (Fsp3) is 0.733. The maximum absolute atomic E-state index is 6.15. The fourth-order valence-corrected chi connectivity index (χ4v) is 3.86. The lowest BCUT2D eigenvalue weighted by molar-refractivity contribution is 0.242. The topological polar surface area (TPSA) is 29.0 Å². The molecule has 4 heteroatoms. The van der Waals surface area contributed by atoms with Crippen molar-refractivity contribution in [3.05, 3.63) is 17.0 Å². The molecule has 1 aliphatic carbocycles. The summed E-state index contributed by atoms with van der Waals surface area (Å²) in [5.41, 5.74) is 0. The lowest BCUT2D eigenvalue weighted by atomic mass is 9.78. The van der Waals surface area contributed by atoms with E-state index in [1.54, 1.807) is 0 Å². The molecule has 1 saturated carbocycles. The summed E-state index contributed by atoms with van der Waals surface area (Å²) in [5.74, 6) is 2.77. The molecule has 2 heterocycles. The van der Waals surface area contributed by atoms with Crippen LogP contribution in [0, 0.1) is 5.92 Å². The van der Waals surface area contributed by atoms with Crippen molar-refractivity contribution in [1.82, 2.24) is 9.97 Å². The van der Waals surface area contributed by atoms with Crippen LogP contribution in [-0.4, -0.2) is 22.6 Å². The summed E-state index contributed by atoms with van der Waals surface area (Å²) in [4.78, 5) is 11.5. The van der Waals surface area contributed by atoms with Gasteiger partial charge in [0.05, 0.1) is 0 Å². The van der Waals surface area contributed by atoms with Crippen molar-refractivity contribution in [3.8, 4) is 0 Å². The minimum absolute atomic E-state index is 0.583. The van der Waals surface area contributed by atoms with Crippen LogP contribution in [0.4, 0.5) is 5.82 Å². The highest BCUT2D eigenvalue weighted by atomic mass is 35.5. The van der Waals surface area contributed by atoms with E-state index in [0.717, 1.165) is 30.5 Å². The zero-order chi connectivity index (χ0) is 13.2. The van der Waals surface area contributed by atoms with Crippen LogP contribution in [-0.2, 0) is 6.42 Å². The minimum Gasteiger partial charge on any atom is -0.353 e. The number of halogens is 1. The van der Waals surface area contributed by atoms with Crippen molar-refractivity contribution in [3.63, 3.8) is 0 Å². The maximum Gasteiger partial charge on any atom is 0.134 e. The summed E-state index contributed by atoms with van der Waals surface area (Å²) >= 11 is 6.15. The maximum atomic E-state index is 6.15. The molecular formula is C15H22ClN3. The van der Waals surface area contributed by atoms with Crippen LogP contribution in [0.1, 0.15) is 51.3 Å². The molecule has 0 amide bonds. The molecule has 1 aliphatic heterocycles. The van der Waals surface area contributed by atoms with E-state index in [0.29, 0.717) is 11.2 Å². The van der Waals surface area contributed by atoms with Crippen LogP contribution in [0.15, 0.2) is 6.07 Å². The molecule has 2 atom stereocenters. The number of aromatic nitrogens is 2. The number of nitrogens with zero attached hydrogens (tertiary/aromatic N) is 3. The highest BCUT2D eigenvalue weighted by molar-refractivity contribution is 6.29. The molecule has 104 valence electrons. The van der Waals surface area contributed by atoms with E-state index < -0.39 is 0 Å². The Morgan fingerprint density at radius 1 is 1.21 bits per heavy atom. The molecule has 0 radical (unpaired) electrons. The molecule has 0 unspecified atom stereocenters. The Balaban J connectivity index is 1.89. The highest BCUT2D eigenvalue weighted by Gasteiger charge is 2.34. The van der Waals surface area contributed by atoms with Crippen molar-refractivity contribution < 1.29 is 0 Å². The number of rotatable bonds is 2. The average molecular weight is 280 g/mol. The molecule has 1 aromatic rings. The number of anilines is 1. The van der Waals surface area contributed by atoms with Gasteiger partial charge in [-0.05, 0) is 31.6 Å². The minimum atomic E-state index is 0.583. The third-order valence-electron chi connectivity index (χ3n) is 4.58. The van der Waals surface area contributed by atoms with Gasteiger partial charge in [0.2, 0.25) is 0 Å². The third-order valence-corrected chi connectivity index (χ3v) is 4.78. The first-order chi connectivity index (χ1) is 9.28. The van der Waals surface area contributed by atoms with Crippen LogP contribution in [0.3, 0.4) is 0 Å². The smallest absolute Gasteiger partial charge is 0.134 e. The number of hydrogen-bond donors (Lipinski definition) is 0. The fourth-order valence-electron chi connectivity index (χ4n) is 3.67. The number of fused-ring (bicyclic) bond motifs is 1. The van der Waals surface area contributed by atoms with E-state index in [9.17, 15) is 0 Å². The van der Waals surface area contributed by atoms with E-state index in [-0.39, 0.29) is 0 Å². The van der Waals surface area contributed by atoms with Crippen LogP contribution in [0.2, 0.25) is 5.15 Å². The summed E-state index contributed by atoms with van der Waals surface area (Å²) in [7, 11) is 0. The predicted octanol–water partition coefficient (Wildman–Crippen LogP) is 3.85. The van der Waals surface area contributed by atoms with E-state index in [4.69, 9.17) is 16.6 Å². The second-order valence-electron chi connectivity index (χ2n) is 5.77. The van der Waals surface area contributed by atoms with Gasteiger partial charge >= 0.3 is 0 Å². The summed E-state index contributed by atoms with van der Waals surface area (Å²) in [6.07, 6.45) is 8.98. The van der Waals surface area contributed by atoms with Gasteiger partial charge in [0, 0.05) is 25.1 Å². The quantitative estimate of drug-likeness (QED) is 0.770. The number of piperidine rings is 1. The Hall–Kier alpha value is -0.830. The molecule has 1 aromatic heterocycles. The number of hydrogen-bond acceptors (Lipinski definition) is 3. The second kappa shape index (κ2) is 5.66. The van der Waals surface area contributed by atoms with Gasteiger partial charge in [-0.25, -0.2) is 9.97 Å². The lowest BCUT2D eigenvalue weighted by Crippen LogP contribution is -2.47. The van der Waals surface area contributed by atoms with Crippen molar-refractivity contribution >= 4 is 17.4 Å². The van der Waals surface area contributed by atoms with Crippen molar-refractivity contribution in [2.24, 2.45) is 5.92 Å². The van der Waals surface area contributed by atoms with Gasteiger partial charge < -0.3 is 4.90 Å². The van der Waals surface area contributed by atoms with Crippen molar-refractivity contribution in [1.29, 1.82) is 0 Å². The average Bonchev–Trinajstić information content (AvgIpc) is 2.46. The summed E-state index contributed by atoms with van der Waals surface area (Å²) in [6.45, 7) is 3.20. The Kier molecular flexibility index (Phi) is 3.92. The van der Waals surface area contributed by atoms with Gasteiger partial charge in [-0.15, -0.1) is 0 Å². The molecule has 19 heavy (non-hydrogen) atoms. The van der Waals surface area contributed by atoms with E-state index >= 15 is 0 Å². The van der Waals surface area contributed by atoms with Crippen LogP contribution in [0.5, 0.6) is 0 Å². The monoisotopic (exact) mass is 279 g/mol. The normalized spacial score (nSPS) is 27.2. The number of aryl methyl sites for hydroxylation is 1. The molecular weight excluding hydrogens is 258 g/mol. The Morgan fingerprint density at radius 2 is 2.00 bits per heavy atom. The summed E-state index contributed by atoms with van der Waals surface area (Å²) in [6, 6.07) is 2.62. The Labute approximate surface area is 120 Å². The SMILES string of the molecule is CCc1nc(Cl)cc(N2CCC[C@H]3CCCC[C@H]32)n1. The summed E-state index contributed by atoms with van der Waals surface area (Å²) < 4.78 is 0. The highest BCUT2D eigenvalue weighted by Crippen LogP contribution is 2.37. The molecule has 0 aromatic carbocycles. The zero-order valence-electron chi connectivity index (χ0n) is 11.6. The zero-order valence-corrected chi connectivity index (χ0v) is 12.4. The molecule has 0 bridgehead atoms. The predicted molar refractivity (Wildman–Crippen MR) is 78.7 cm³/mol. The standard InChI is InChI=1S/C15H22ClN3/c1-2-14-17-13(16)10-15(18-14)19-9-5-7-11-6-3-4-8-12(11)19/h10-12H,2-9H2,1H3/t11-,12-/m1/s1. The van der Waals surface area contributed by atoms with Gasteiger partial charge in [0.25, 0.3) is 0 Å². The first-order valence-electron chi connectivity index (χ1n) is 7.58. The van der Waals surface area contributed by atoms with Gasteiger partial charge in [0.1, 0.15) is 16.8 Å². The molecule has 0 N–H and O–H groups in total. The van der Waals surface area contributed by atoms with Crippen molar-refractivity contribution in [2.75, 3.05) is 11.4 Å². The summed E-state index contributed by atoms with van der Waals surface area (Å²) in [5, 5.41) is 0.583.